The number of nitrogens with zero attached hydrogens (tertiary/aromatic N) is 1. The molecule has 0 fully saturated rings. The van der Waals surface area contributed by atoms with E-state index in [1.54, 1.807) is 6.07 Å². The van der Waals surface area contributed by atoms with Crippen LogP contribution in [-0.2, 0) is 11.3 Å². The number of fused-ring (bicyclic) bond motifs is 1. The molecule has 1 N–H and O–H groups in total. The first kappa shape index (κ1) is 16.1. The fraction of sp³-hybridized carbons (Fsp3) is 0.111. The minimum absolute atomic E-state index is 0.135. The maximum atomic E-state index is 12.8. The van der Waals surface area contributed by atoms with Crippen molar-refractivity contribution in [2.24, 2.45) is 0 Å². The summed E-state index contributed by atoms with van der Waals surface area (Å²) < 4.78 is 5.95. The van der Waals surface area contributed by atoms with Crippen molar-refractivity contribution < 1.29 is 14.6 Å². The van der Waals surface area contributed by atoms with Crippen LogP contribution in [-0.4, -0.2) is 22.8 Å². The molecule has 0 radical (unpaired) electrons. The lowest BCUT2D eigenvalue weighted by Crippen LogP contribution is -2.27. The Hall–Kier alpha value is -2.79. The molecule has 0 aliphatic carbocycles. The second-order valence-corrected chi connectivity index (χ2v) is 5.69. The number of methoxy groups -OCH3 is 1. The number of carbonyl (C=O) groups excluding carboxylic acids is 1. The highest BCUT2D eigenvalue weighted by Gasteiger charge is 2.23. The van der Waals surface area contributed by atoms with E-state index in [0.29, 0.717) is 5.02 Å². The Kier molecular flexibility index (Phi) is 4.27. The zero-order valence-corrected chi connectivity index (χ0v) is 13.6. The minimum Gasteiger partial charge on any atom is -0.505 e. The number of pyridine rings is 1. The van der Waals surface area contributed by atoms with E-state index in [4.69, 9.17) is 16.3 Å². The summed E-state index contributed by atoms with van der Waals surface area (Å²) in [6, 6.07) is 13.7. The van der Waals surface area contributed by atoms with Gasteiger partial charge >= 0.3 is 5.97 Å². The summed E-state index contributed by atoms with van der Waals surface area (Å²) >= 11 is 5.94. The Morgan fingerprint density at radius 1 is 1.17 bits per heavy atom. The Morgan fingerprint density at radius 3 is 2.54 bits per heavy atom. The number of aromatic nitrogens is 1. The predicted octanol–water partition coefficient (Wildman–Crippen LogP) is 3.20. The summed E-state index contributed by atoms with van der Waals surface area (Å²) in [5.74, 6) is -1.11. The number of aromatic hydroxyl groups is 1. The highest BCUT2D eigenvalue weighted by Crippen LogP contribution is 2.29. The van der Waals surface area contributed by atoms with E-state index < -0.39 is 11.5 Å². The lowest BCUT2D eigenvalue weighted by molar-refractivity contribution is 0.0584. The van der Waals surface area contributed by atoms with Gasteiger partial charge in [-0.1, -0.05) is 41.9 Å². The second kappa shape index (κ2) is 6.37. The summed E-state index contributed by atoms with van der Waals surface area (Å²) in [6.45, 7) is 0.135. The number of carbonyl (C=O) groups is 1. The van der Waals surface area contributed by atoms with Gasteiger partial charge in [-0.3, -0.25) is 9.36 Å². The van der Waals surface area contributed by atoms with Crippen LogP contribution in [0.15, 0.2) is 53.3 Å². The van der Waals surface area contributed by atoms with Crippen LogP contribution in [0.4, 0.5) is 0 Å². The average Bonchev–Trinajstić information content (AvgIpc) is 2.60. The van der Waals surface area contributed by atoms with Crippen LogP contribution in [0.25, 0.3) is 10.8 Å². The highest BCUT2D eigenvalue weighted by atomic mass is 35.5. The molecule has 0 amide bonds. The van der Waals surface area contributed by atoms with Crippen LogP contribution in [0.2, 0.25) is 5.02 Å². The van der Waals surface area contributed by atoms with Gasteiger partial charge in [0.1, 0.15) is 0 Å². The van der Waals surface area contributed by atoms with E-state index in [1.165, 1.54) is 23.8 Å². The average molecular weight is 344 g/mol. The monoisotopic (exact) mass is 343 g/mol. The topological polar surface area (TPSA) is 68.5 Å². The normalized spacial score (nSPS) is 10.8. The smallest absolute Gasteiger partial charge is 0.358 e. The number of ether oxygens (including phenoxy) is 1. The van der Waals surface area contributed by atoms with Gasteiger partial charge in [0.05, 0.1) is 19.0 Å². The quantitative estimate of drug-likeness (QED) is 0.741. The third-order valence-electron chi connectivity index (χ3n) is 3.77. The van der Waals surface area contributed by atoms with Crippen LogP contribution in [0, 0.1) is 0 Å². The summed E-state index contributed by atoms with van der Waals surface area (Å²) in [5.41, 5.74) is 0.224. The summed E-state index contributed by atoms with van der Waals surface area (Å²) in [7, 11) is 1.20. The molecule has 0 aliphatic rings. The number of esters is 1. The molecule has 5 nitrogen and oxygen atoms in total. The largest absolute Gasteiger partial charge is 0.505 e. The lowest BCUT2D eigenvalue weighted by Gasteiger charge is -2.15. The fourth-order valence-corrected chi connectivity index (χ4v) is 2.79. The van der Waals surface area contributed by atoms with Gasteiger partial charge in [0.2, 0.25) is 0 Å². The third kappa shape index (κ3) is 2.74. The van der Waals surface area contributed by atoms with Crippen LogP contribution in [0.5, 0.6) is 5.75 Å². The second-order valence-electron chi connectivity index (χ2n) is 5.26. The summed E-state index contributed by atoms with van der Waals surface area (Å²) in [6.07, 6.45) is 0. The Morgan fingerprint density at radius 2 is 1.88 bits per heavy atom. The number of hydrogen-bond acceptors (Lipinski definition) is 4. The van der Waals surface area contributed by atoms with E-state index in [1.807, 2.05) is 30.3 Å². The van der Waals surface area contributed by atoms with Crippen LogP contribution in [0.3, 0.4) is 0 Å². The summed E-state index contributed by atoms with van der Waals surface area (Å²) in [5, 5.41) is 11.4. The molecular formula is C18H14ClNO4. The fourth-order valence-electron chi connectivity index (χ4n) is 2.62. The van der Waals surface area contributed by atoms with Crippen molar-refractivity contribution in [3.05, 3.63) is 75.2 Å². The van der Waals surface area contributed by atoms with Crippen molar-refractivity contribution >= 4 is 28.3 Å². The molecule has 0 saturated carbocycles. The maximum absolute atomic E-state index is 12.8. The van der Waals surface area contributed by atoms with E-state index in [0.717, 1.165) is 5.56 Å². The van der Waals surface area contributed by atoms with Crippen molar-refractivity contribution in [1.29, 1.82) is 0 Å². The van der Waals surface area contributed by atoms with E-state index in [2.05, 4.69) is 0 Å². The van der Waals surface area contributed by atoms with E-state index >= 15 is 0 Å². The molecule has 24 heavy (non-hydrogen) atoms. The van der Waals surface area contributed by atoms with Gasteiger partial charge in [0.25, 0.3) is 5.56 Å². The Labute approximate surface area is 142 Å². The molecule has 2 aromatic carbocycles. The molecule has 1 aromatic heterocycles. The molecular weight excluding hydrogens is 330 g/mol. The van der Waals surface area contributed by atoms with Crippen molar-refractivity contribution in [1.82, 2.24) is 4.57 Å². The van der Waals surface area contributed by atoms with Crippen molar-refractivity contribution in [2.45, 2.75) is 6.54 Å². The van der Waals surface area contributed by atoms with Gasteiger partial charge in [0.15, 0.2) is 11.4 Å². The number of hydrogen-bond donors (Lipinski definition) is 1. The Balaban J connectivity index is 2.33. The van der Waals surface area contributed by atoms with Crippen molar-refractivity contribution in [3.63, 3.8) is 0 Å². The van der Waals surface area contributed by atoms with Gasteiger partial charge in [-0.15, -0.1) is 0 Å². The van der Waals surface area contributed by atoms with Crippen molar-refractivity contribution in [2.75, 3.05) is 7.11 Å². The van der Waals surface area contributed by atoms with Gasteiger partial charge in [-0.05, 0) is 23.8 Å². The van der Waals surface area contributed by atoms with Crippen LogP contribution in [0.1, 0.15) is 16.1 Å². The highest BCUT2D eigenvalue weighted by molar-refractivity contribution is 6.31. The zero-order valence-electron chi connectivity index (χ0n) is 12.8. The maximum Gasteiger partial charge on any atom is 0.358 e. The SMILES string of the molecule is COC(=O)c1c(O)c2cc(Cl)ccc2c(=O)n1Cc1ccccc1. The molecule has 6 heteroatoms. The standard InChI is InChI=1S/C18H14ClNO4/c1-24-18(23)15-16(21)14-9-12(19)7-8-13(14)17(22)20(15)10-11-5-3-2-4-6-11/h2-9,21H,10H2,1H3. The molecule has 0 saturated heterocycles. The number of benzene rings is 2. The number of rotatable bonds is 3. The van der Waals surface area contributed by atoms with E-state index in [-0.39, 0.29) is 28.8 Å². The van der Waals surface area contributed by atoms with Gasteiger partial charge in [-0.2, -0.15) is 0 Å². The number of halogens is 1. The predicted molar refractivity (Wildman–Crippen MR) is 91.8 cm³/mol. The van der Waals surface area contributed by atoms with Crippen LogP contribution >= 0.6 is 11.6 Å². The van der Waals surface area contributed by atoms with Gasteiger partial charge in [-0.25, -0.2) is 4.79 Å². The first-order valence-electron chi connectivity index (χ1n) is 7.20. The van der Waals surface area contributed by atoms with Crippen molar-refractivity contribution in [3.8, 4) is 5.75 Å². The third-order valence-corrected chi connectivity index (χ3v) is 4.00. The molecule has 0 aliphatic heterocycles. The molecule has 0 bridgehead atoms. The lowest BCUT2D eigenvalue weighted by atomic mass is 10.1. The molecule has 1 heterocycles. The molecule has 0 spiro atoms. The van der Waals surface area contributed by atoms with Gasteiger partial charge < -0.3 is 9.84 Å². The first-order chi connectivity index (χ1) is 11.5. The van der Waals surface area contributed by atoms with Crippen LogP contribution < -0.4 is 5.56 Å². The zero-order chi connectivity index (χ0) is 17.3. The summed E-state index contributed by atoms with van der Waals surface area (Å²) in [4.78, 5) is 25.0. The molecule has 3 rings (SSSR count). The molecule has 0 unspecified atom stereocenters. The van der Waals surface area contributed by atoms with Gasteiger partial charge in [0, 0.05) is 10.4 Å². The minimum atomic E-state index is -0.789. The Bertz CT molecular complexity index is 980. The molecule has 0 atom stereocenters. The molecule has 3 aromatic rings. The molecule has 122 valence electrons. The van der Waals surface area contributed by atoms with E-state index in [9.17, 15) is 14.7 Å². The first-order valence-corrected chi connectivity index (χ1v) is 7.58.